The topological polar surface area (TPSA) is 41.8 Å². The lowest BCUT2D eigenvalue weighted by atomic mass is 10.0. The van der Waals surface area contributed by atoms with E-state index in [-0.39, 0.29) is 6.04 Å². The molecule has 3 N–H and O–H groups in total. The van der Waals surface area contributed by atoms with Gasteiger partial charge in [0.1, 0.15) is 0 Å². The molecular weight excluding hydrogens is 184 g/mol. The number of fused-ring (bicyclic) bond motifs is 1. The highest BCUT2D eigenvalue weighted by atomic mass is 14.7. The predicted molar refractivity (Wildman–Crippen MR) is 64.9 cm³/mol. The Morgan fingerprint density at radius 1 is 1.33 bits per heavy atom. The van der Waals surface area contributed by atoms with Gasteiger partial charge >= 0.3 is 0 Å². The van der Waals surface area contributed by atoms with Crippen molar-refractivity contribution in [2.24, 2.45) is 5.73 Å². The average molecular weight is 202 g/mol. The second-order valence-electron chi connectivity index (χ2n) is 3.95. The minimum atomic E-state index is 0.144. The first-order valence-corrected chi connectivity index (χ1v) is 5.62. The number of aryl methyl sites for hydroxylation is 1. The molecule has 0 amide bonds. The molecule has 1 aromatic carbocycles. The van der Waals surface area contributed by atoms with Gasteiger partial charge in [0.15, 0.2) is 0 Å². The molecule has 2 rings (SSSR count). The quantitative estimate of drug-likeness (QED) is 0.788. The van der Waals surface area contributed by atoms with Crippen LogP contribution in [0.2, 0.25) is 0 Å². The molecule has 0 saturated heterocycles. The van der Waals surface area contributed by atoms with Crippen molar-refractivity contribution in [1.82, 2.24) is 4.98 Å². The number of nitrogens with two attached hydrogens (primary N) is 1. The number of hydrogen-bond donors (Lipinski definition) is 2. The zero-order valence-corrected chi connectivity index (χ0v) is 9.38. The third-order valence-electron chi connectivity index (χ3n) is 3.05. The van der Waals surface area contributed by atoms with Gasteiger partial charge in [-0.05, 0) is 24.0 Å². The van der Waals surface area contributed by atoms with Crippen LogP contribution < -0.4 is 5.73 Å². The van der Waals surface area contributed by atoms with Crippen LogP contribution in [-0.2, 0) is 6.42 Å². The second kappa shape index (κ2) is 4.07. The van der Waals surface area contributed by atoms with E-state index >= 15 is 0 Å². The Hall–Kier alpha value is -1.28. The standard InChI is InChI=1S/C13H18N2/c1-3-9-6-5-7-10-11(12(14)4-2)8-15-13(9)10/h5-8,12,15H,3-4,14H2,1-2H3/t12-/m0/s1. The van der Waals surface area contributed by atoms with Gasteiger partial charge in [0.25, 0.3) is 0 Å². The highest BCUT2D eigenvalue weighted by Gasteiger charge is 2.10. The number of hydrogen-bond acceptors (Lipinski definition) is 1. The highest BCUT2D eigenvalue weighted by Crippen LogP contribution is 2.26. The van der Waals surface area contributed by atoms with Crippen molar-refractivity contribution in [2.45, 2.75) is 32.7 Å². The number of para-hydroxylation sites is 1. The minimum absolute atomic E-state index is 0.144. The molecule has 1 atom stereocenters. The van der Waals surface area contributed by atoms with E-state index in [0.29, 0.717) is 0 Å². The molecular formula is C13H18N2. The molecule has 2 aromatic rings. The van der Waals surface area contributed by atoms with Crippen molar-refractivity contribution in [1.29, 1.82) is 0 Å². The van der Waals surface area contributed by atoms with Gasteiger partial charge < -0.3 is 10.7 Å². The van der Waals surface area contributed by atoms with Gasteiger partial charge in [-0.1, -0.05) is 32.0 Å². The molecule has 0 aliphatic carbocycles. The van der Waals surface area contributed by atoms with Crippen molar-refractivity contribution in [3.63, 3.8) is 0 Å². The lowest BCUT2D eigenvalue weighted by molar-refractivity contribution is 0.704. The van der Waals surface area contributed by atoms with Crippen LogP contribution in [0.3, 0.4) is 0 Å². The molecule has 0 radical (unpaired) electrons. The summed E-state index contributed by atoms with van der Waals surface area (Å²) < 4.78 is 0. The largest absolute Gasteiger partial charge is 0.361 e. The monoisotopic (exact) mass is 202 g/mol. The van der Waals surface area contributed by atoms with Crippen LogP contribution in [0.1, 0.15) is 37.4 Å². The zero-order valence-electron chi connectivity index (χ0n) is 9.38. The fourth-order valence-corrected chi connectivity index (χ4v) is 2.06. The van der Waals surface area contributed by atoms with E-state index < -0.39 is 0 Å². The van der Waals surface area contributed by atoms with E-state index in [1.165, 1.54) is 22.0 Å². The predicted octanol–water partition coefficient (Wildman–Crippen LogP) is 3.14. The smallest absolute Gasteiger partial charge is 0.0489 e. The van der Waals surface area contributed by atoms with Gasteiger partial charge in [-0.15, -0.1) is 0 Å². The molecule has 0 fully saturated rings. The molecule has 0 unspecified atom stereocenters. The molecule has 2 heteroatoms. The van der Waals surface area contributed by atoms with Gasteiger partial charge in [-0.25, -0.2) is 0 Å². The number of aromatic amines is 1. The first kappa shape index (κ1) is 10.2. The number of benzene rings is 1. The Balaban J connectivity index is 2.60. The van der Waals surface area contributed by atoms with Crippen LogP contribution in [0.5, 0.6) is 0 Å². The van der Waals surface area contributed by atoms with E-state index in [4.69, 9.17) is 5.73 Å². The lowest BCUT2D eigenvalue weighted by Gasteiger charge is -2.07. The molecule has 15 heavy (non-hydrogen) atoms. The van der Waals surface area contributed by atoms with Crippen LogP contribution in [0, 0.1) is 0 Å². The molecule has 80 valence electrons. The third-order valence-corrected chi connectivity index (χ3v) is 3.05. The van der Waals surface area contributed by atoms with Gasteiger partial charge in [-0.2, -0.15) is 0 Å². The summed E-state index contributed by atoms with van der Waals surface area (Å²) >= 11 is 0. The summed E-state index contributed by atoms with van der Waals surface area (Å²) in [4.78, 5) is 3.34. The Morgan fingerprint density at radius 2 is 2.13 bits per heavy atom. The summed E-state index contributed by atoms with van der Waals surface area (Å²) in [5.74, 6) is 0. The first-order valence-electron chi connectivity index (χ1n) is 5.62. The Kier molecular flexibility index (Phi) is 2.78. The maximum atomic E-state index is 6.08. The van der Waals surface area contributed by atoms with E-state index in [2.05, 4.69) is 43.2 Å². The lowest BCUT2D eigenvalue weighted by Crippen LogP contribution is -2.07. The zero-order chi connectivity index (χ0) is 10.8. The summed E-state index contributed by atoms with van der Waals surface area (Å²) in [5, 5.41) is 1.28. The van der Waals surface area contributed by atoms with E-state index in [1.54, 1.807) is 0 Å². The first-order chi connectivity index (χ1) is 7.27. The van der Waals surface area contributed by atoms with E-state index in [1.807, 2.05) is 0 Å². The number of nitrogens with one attached hydrogen (secondary N) is 1. The molecule has 2 nitrogen and oxygen atoms in total. The van der Waals surface area contributed by atoms with E-state index in [9.17, 15) is 0 Å². The second-order valence-corrected chi connectivity index (χ2v) is 3.95. The summed E-state index contributed by atoms with van der Waals surface area (Å²) in [6.45, 7) is 4.29. The summed E-state index contributed by atoms with van der Waals surface area (Å²) in [6.07, 6.45) is 4.08. The Morgan fingerprint density at radius 3 is 2.80 bits per heavy atom. The molecule has 0 aliphatic heterocycles. The molecule has 1 heterocycles. The number of aromatic nitrogens is 1. The van der Waals surface area contributed by atoms with Gasteiger partial charge in [0, 0.05) is 23.1 Å². The fraction of sp³-hybridized carbons (Fsp3) is 0.385. The van der Waals surface area contributed by atoms with Crippen LogP contribution in [0.25, 0.3) is 10.9 Å². The SMILES string of the molecule is CCc1cccc2c([C@@H](N)CC)c[nH]c12. The summed E-state index contributed by atoms with van der Waals surface area (Å²) in [7, 11) is 0. The maximum Gasteiger partial charge on any atom is 0.0489 e. The Labute approximate surface area is 90.5 Å². The molecule has 0 bridgehead atoms. The molecule has 1 aromatic heterocycles. The van der Waals surface area contributed by atoms with Crippen molar-refractivity contribution < 1.29 is 0 Å². The fourth-order valence-electron chi connectivity index (χ4n) is 2.06. The minimum Gasteiger partial charge on any atom is -0.361 e. The summed E-state index contributed by atoms with van der Waals surface area (Å²) in [5.41, 5.74) is 9.93. The molecule has 0 spiro atoms. The normalized spacial score (nSPS) is 13.3. The van der Waals surface area contributed by atoms with E-state index in [0.717, 1.165) is 12.8 Å². The van der Waals surface area contributed by atoms with Crippen LogP contribution in [-0.4, -0.2) is 4.98 Å². The number of H-pyrrole nitrogens is 1. The van der Waals surface area contributed by atoms with Crippen molar-refractivity contribution >= 4 is 10.9 Å². The van der Waals surface area contributed by atoms with Crippen LogP contribution in [0.15, 0.2) is 24.4 Å². The molecule has 0 aliphatic rings. The van der Waals surface area contributed by atoms with Gasteiger partial charge in [0.05, 0.1) is 0 Å². The molecule has 0 saturated carbocycles. The van der Waals surface area contributed by atoms with Crippen molar-refractivity contribution in [3.8, 4) is 0 Å². The average Bonchev–Trinajstić information content (AvgIpc) is 2.71. The van der Waals surface area contributed by atoms with Crippen molar-refractivity contribution in [2.75, 3.05) is 0 Å². The maximum absolute atomic E-state index is 6.08. The Bertz CT molecular complexity index is 457. The van der Waals surface area contributed by atoms with Crippen molar-refractivity contribution in [3.05, 3.63) is 35.5 Å². The summed E-state index contributed by atoms with van der Waals surface area (Å²) in [6, 6.07) is 6.57. The highest BCUT2D eigenvalue weighted by molar-refractivity contribution is 5.86. The third kappa shape index (κ3) is 1.65. The van der Waals surface area contributed by atoms with Crippen LogP contribution >= 0.6 is 0 Å². The van der Waals surface area contributed by atoms with Crippen LogP contribution in [0.4, 0.5) is 0 Å². The number of rotatable bonds is 3. The van der Waals surface area contributed by atoms with Gasteiger partial charge in [-0.3, -0.25) is 0 Å². The van der Waals surface area contributed by atoms with Gasteiger partial charge in [0.2, 0.25) is 0 Å².